The summed E-state index contributed by atoms with van der Waals surface area (Å²) in [7, 11) is 0. The fourth-order valence-corrected chi connectivity index (χ4v) is 1.77. The predicted octanol–water partition coefficient (Wildman–Crippen LogP) is 2.44. The smallest absolute Gasteiger partial charge is 0.187 e. The van der Waals surface area contributed by atoms with Gasteiger partial charge < -0.3 is 5.73 Å². The molecule has 20 heavy (non-hydrogen) atoms. The molecule has 1 aromatic carbocycles. The predicted molar refractivity (Wildman–Crippen MR) is 61.9 cm³/mol. The summed E-state index contributed by atoms with van der Waals surface area (Å²) in [6, 6.07) is 1.64. The van der Waals surface area contributed by atoms with Gasteiger partial charge in [0, 0.05) is 5.56 Å². The summed E-state index contributed by atoms with van der Waals surface area (Å²) in [6.45, 7) is 1.36. The Hall–Kier alpha value is -2.56. The first-order valence-corrected chi connectivity index (χ1v) is 5.52. The van der Waals surface area contributed by atoms with E-state index in [9.17, 15) is 17.6 Å². The molecule has 0 fully saturated rings. The van der Waals surface area contributed by atoms with Crippen LogP contribution in [0, 0.1) is 34.6 Å². The number of anilines is 1. The molecule has 8 heteroatoms. The molecule has 2 rings (SSSR count). The second kappa shape index (κ2) is 4.85. The molecule has 0 amide bonds. The van der Waals surface area contributed by atoms with Gasteiger partial charge in [0.15, 0.2) is 29.1 Å². The van der Waals surface area contributed by atoms with Crippen LogP contribution < -0.4 is 5.73 Å². The zero-order valence-electron chi connectivity index (χ0n) is 10.2. The van der Waals surface area contributed by atoms with Crippen LogP contribution in [0.4, 0.5) is 23.4 Å². The van der Waals surface area contributed by atoms with Crippen LogP contribution in [0.1, 0.15) is 18.1 Å². The highest BCUT2D eigenvalue weighted by molar-refractivity contribution is 5.50. The van der Waals surface area contributed by atoms with E-state index < -0.39 is 34.5 Å². The van der Waals surface area contributed by atoms with E-state index in [1.165, 1.54) is 6.92 Å². The van der Waals surface area contributed by atoms with E-state index in [2.05, 4.69) is 5.10 Å². The molecule has 0 spiro atoms. The standard InChI is InChI=1S/C12H8F4N4/c1-2-6-7(13)9(15)11(10(16)8(6)14)20-4-5(3-17)12(18)19-20/h4H,2H2,1H3,(H2,18,19). The highest BCUT2D eigenvalue weighted by Crippen LogP contribution is 2.27. The molecule has 0 atom stereocenters. The quantitative estimate of drug-likeness (QED) is 0.680. The van der Waals surface area contributed by atoms with Crippen molar-refractivity contribution >= 4 is 5.82 Å². The van der Waals surface area contributed by atoms with Crippen LogP contribution in [0.5, 0.6) is 0 Å². The third kappa shape index (κ3) is 1.87. The van der Waals surface area contributed by atoms with Gasteiger partial charge in [-0.05, 0) is 6.42 Å². The number of hydrogen-bond donors (Lipinski definition) is 1. The fraction of sp³-hybridized carbons (Fsp3) is 0.167. The number of nitrogens with zero attached hydrogens (tertiary/aromatic N) is 3. The van der Waals surface area contributed by atoms with E-state index in [-0.39, 0.29) is 17.8 Å². The number of benzene rings is 1. The Kier molecular flexibility index (Phi) is 3.36. The SMILES string of the molecule is CCc1c(F)c(F)c(-n2cc(C#N)c(N)n2)c(F)c1F. The van der Waals surface area contributed by atoms with E-state index >= 15 is 0 Å². The topological polar surface area (TPSA) is 67.6 Å². The summed E-state index contributed by atoms with van der Waals surface area (Å²) in [4.78, 5) is 0. The summed E-state index contributed by atoms with van der Waals surface area (Å²) in [6.07, 6.45) is 0.678. The zero-order chi connectivity index (χ0) is 15.0. The van der Waals surface area contributed by atoms with Crippen LogP contribution in [0.25, 0.3) is 5.69 Å². The van der Waals surface area contributed by atoms with Gasteiger partial charge in [-0.25, -0.2) is 22.2 Å². The van der Waals surface area contributed by atoms with Crippen molar-refractivity contribution in [3.63, 3.8) is 0 Å². The molecule has 0 bridgehead atoms. The number of nitriles is 1. The molecule has 1 heterocycles. The van der Waals surface area contributed by atoms with Gasteiger partial charge >= 0.3 is 0 Å². The largest absolute Gasteiger partial charge is 0.381 e. The first-order valence-electron chi connectivity index (χ1n) is 5.52. The number of nitrogen functional groups attached to an aromatic ring is 1. The van der Waals surface area contributed by atoms with E-state index in [0.717, 1.165) is 6.20 Å². The Morgan fingerprint density at radius 2 is 1.75 bits per heavy atom. The Bertz CT molecular complexity index is 701. The number of aromatic nitrogens is 2. The van der Waals surface area contributed by atoms with Gasteiger partial charge in [0.2, 0.25) is 0 Å². The summed E-state index contributed by atoms with van der Waals surface area (Å²) >= 11 is 0. The van der Waals surface area contributed by atoms with Gasteiger partial charge in [-0.1, -0.05) is 6.92 Å². The number of halogens is 4. The van der Waals surface area contributed by atoms with E-state index in [4.69, 9.17) is 11.0 Å². The Morgan fingerprint density at radius 1 is 1.20 bits per heavy atom. The molecule has 0 aliphatic heterocycles. The minimum atomic E-state index is -1.59. The van der Waals surface area contributed by atoms with Gasteiger partial charge in [-0.15, -0.1) is 5.10 Å². The average Bonchev–Trinajstić information content (AvgIpc) is 2.78. The van der Waals surface area contributed by atoms with Crippen molar-refractivity contribution < 1.29 is 17.6 Å². The first-order chi connectivity index (χ1) is 9.42. The van der Waals surface area contributed by atoms with Crippen molar-refractivity contribution in [1.29, 1.82) is 5.26 Å². The van der Waals surface area contributed by atoms with E-state index in [1.807, 2.05) is 0 Å². The lowest BCUT2D eigenvalue weighted by molar-refractivity contribution is 0.432. The van der Waals surface area contributed by atoms with Gasteiger partial charge in [-0.2, -0.15) is 5.26 Å². The molecule has 0 aliphatic carbocycles. The van der Waals surface area contributed by atoms with Crippen LogP contribution in [-0.4, -0.2) is 9.78 Å². The third-order valence-corrected chi connectivity index (χ3v) is 2.78. The van der Waals surface area contributed by atoms with Crippen molar-refractivity contribution in [3.05, 3.63) is 40.6 Å². The second-order valence-corrected chi connectivity index (χ2v) is 3.92. The average molecular weight is 284 g/mol. The van der Waals surface area contributed by atoms with Crippen molar-refractivity contribution in [2.75, 3.05) is 5.73 Å². The lowest BCUT2D eigenvalue weighted by Crippen LogP contribution is -2.11. The molecule has 0 saturated heterocycles. The van der Waals surface area contributed by atoms with Crippen LogP contribution in [0.2, 0.25) is 0 Å². The monoisotopic (exact) mass is 284 g/mol. The Morgan fingerprint density at radius 3 is 2.15 bits per heavy atom. The molecule has 104 valence electrons. The molecule has 0 unspecified atom stereocenters. The molecule has 0 radical (unpaired) electrons. The van der Waals surface area contributed by atoms with Crippen molar-refractivity contribution in [2.45, 2.75) is 13.3 Å². The Labute approximate surface area is 111 Å². The molecule has 1 aromatic heterocycles. The summed E-state index contributed by atoms with van der Waals surface area (Å²) < 4.78 is 55.5. The van der Waals surface area contributed by atoms with E-state index in [1.54, 1.807) is 6.07 Å². The van der Waals surface area contributed by atoms with Gasteiger partial charge in [0.1, 0.15) is 17.3 Å². The molecule has 2 aromatic rings. The van der Waals surface area contributed by atoms with Crippen molar-refractivity contribution in [2.24, 2.45) is 0 Å². The van der Waals surface area contributed by atoms with Gasteiger partial charge in [-0.3, -0.25) is 0 Å². The minimum Gasteiger partial charge on any atom is -0.381 e. The van der Waals surface area contributed by atoms with Crippen LogP contribution in [0.15, 0.2) is 6.20 Å². The summed E-state index contributed by atoms with van der Waals surface area (Å²) in [5.41, 5.74) is 3.43. The molecule has 2 N–H and O–H groups in total. The van der Waals surface area contributed by atoms with Gasteiger partial charge in [0.05, 0.1) is 6.20 Å². The van der Waals surface area contributed by atoms with Crippen LogP contribution in [-0.2, 0) is 6.42 Å². The Balaban J connectivity index is 2.78. The molecule has 0 saturated carbocycles. The lowest BCUT2D eigenvalue weighted by atomic mass is 10.1. The van der Waals surface area contributed by atoms with E-state index in [0.29, 0.717) is 4.68 Å². The normalized spacial score (nSPS) is 10.6. The zero-order valence-corrected chi connectivity index (χ0v) is 10.2. The first kappa shape index (κ1) is 13.9. The molecular weight excluding hydrogens is 276 g/mol. The third-order valence-electron chi connectivity index (χ3n) is 2.78. The fourth-order valence-electron chi connectivity index (χ4n) is 1.77. The van der Waals surface area contributed by atoms with Crippen molar-refractivity contribution in [1.82, 2.24) is 9.78 Å². The molecular formula is C12H8F4N4. The van der Waals surface area contributed by atoms with Crippen molar-refractivity contribution in [3.8, 4) is 11.8 Å². The lowest BCUT2D eigenvalue weighted by Gasteiger charge is -2.10. The number of nitrogens with two attached hydrogens (primary N) is 1. The maximum Gasteiger partial charge on any atom is 0.187 e. The van der Waals surface area contributed by atoms with Crippen LogP contribution >= 0.6 is 0 Å². The molecule has 0 aliphatic rings. The highest BCUT2D eigenvalue weighted by atomic mass is 19.2. The maximum atomic E-state index is 13.9. The maximum absolute atomic E-state index is 13.9. The van der Waals surface area contributed by atoms with Crippen LogP contribution in [0.3, 0.4) is 0 Å². The second-order valence-electron chi connectivity index (χ2n) is 3.92. The highest BCUT2D eigenvalue weighted by Gasteiger charge is 2.26. The van der Waals surface area contributed by atoms with Gasteiger partial charge in [0.25, 0.3) is 0 Å². The summed E-state index contributed by atoms with van der Waals surface area (Å²) in [5.74, 6) is -6.46. The number of rotatable bonds is 2. The summed E-state index contributed by atoms with van der Waals surface area (Å²) in [5, 5.41) is 12.2. The minimum absolute atomic E-state index is 0.163. The number of hydrogen-bond acceptors (Lipinski definition) is 3. The molecule has 4 nitrogen and oxygen atoms in total.